The maximum atomic E-state index is 5.79. The maximum absolute atomic E-state index is 5.79. The molecule has 0 amide bonds. The van der Waals surface area contributed by atoms with Crippen LogP contribution in [0.5, 0.6) is 0 Å². The SMILES string of the molecule is NC(=N\N=C\c1ccc(Cl)cc1)/C(N)=N/N=C/c1ccc(Cl)cc1. The third-order valence-electron chi connectivity index (χ3n) is 2.75. The van der Waals surface area contributed by atoms with Crippen LogP contribution in [0.3, 0.4) is 0 Å². The Hall–Kier alpha value is -2.70. The van der Waals surface area contributed by atoms with Gasteiger partial charge in [-0.05, 0) is 35.4 Å². The first-order chi connectivity index (χ1) is 11.5. The van der Waals surface area contributed by atoms with Gasteiger partial charge in [-0.1, -0.05) is 47.5 Å². The lowest BCUT2D eigenvalue weighted by Gasteiger charge is -1.95. The molecule has 2 aromatic carbocycles. The van der Waals surface area contributed by atoms with Crippen LogP contribution in [0.4, 0.5) is 0 Å². The van der Waals surface area contributed by atoms with E-state index in [1.807, 2.05) is 0 Å². The highest BCUT2D eigenvalue weighted by atomic mass is 35.5. The predicted molar refractivity (Wildman–Crippen MR) is 101 cm³/mol. The second-order valence-corrected chi connectivity index (χ2v) is 5.44. The van der Waals surface area contributed by atoms with E-state index in [2.05, 4.69) is 20.4 Å². The van der Waals surface area contributed by atoms with E-state index in [4.69, 9.17) is 34.7 Å². The number of rotatable bonds is 4. The Labute approximate surface area is 149 Å². The molecule has 6 nitrogen and oxygen atoms in total. The van der Waals surface area contributed by atoms with Crippen LogP contribution >= 0.6 is 23.2 Å². The molecule has 0 aliphatic carbocycles. The Morgan fingerprint density at radius 2 is 1.00 bits per heavy atom. The van der Waals surface area contributed by atoms with Crippen LogP contribution in [0.1, 0.15) is 11.1 Å². The summed E-state index contributed by atoms with van der Waals surface area (Å²) in [5, 5.41) is 16.5. The number of hydrogen-bond acceptors (Lipinski definition) is 4. The predicted octanol–water partition coefficient (Wildman–Crippen LogP) is 3.08. The van der Waals surface area contributed by atoms with Gasteiger partial charge in [-0.2, -0.15) is 10.2 Å². The van der Waals surface area contributed by atoms with Gasteiger partial charge in [-0.15, -0.1) is 10.2 Å². The second-order valence-electron chi connectivity index (χ2n) is 4.56. The van der Waals surface area contributed by atoms with Crippen molar-refractivity contribution in [3.05, 3.63) is 69.7 Å². The molecule has 0 heterocycles. The molecule has 2 rings (SSSR count). The molecule has 0 unspecified atom stereocenters. The largest absolute Gasteiger partial charge is 0.379 e. The number of nitrogens with two attached hydrogens (primary N) is 2. The standard InChI is InChI=1S/C16H14Cl2N6/c17-13-5-1-11(2-6-13)9-21-23-15(19)16(20)24-22-10-12-3-7-14(18)8-4-12/h1-10H,(H2,19,23)(H2,20,24)/b21-9+,22-10+. The summed E-state index contributed by atoms with van der Waals surface area (Å²) in [5.41, 5.74) is 13.0. The molecule has 24 heavy (non-hydrogen) atoms. The summed E-state index contributed by atoms with van der Waals surface area (Å²) in [6.45, 7) is 0. The fourth-order valence-corrected chi connectivity index (χ4v) is 1.77. The zero-order valence-electron chi connectivity index (χ0n) is 12.5. The van der Waals surface area contributed by atoms with Gasteiger partial charge < -0.3 is 11.5 Å². The number of hydrogen-bond donors (Lipinski definition) is 2. The number of nitrogens with zero attached hydrogens (tertiary/aromatic N) is 4. The Morgan fingerprint density at radius 3 is 1.33 bits per heavy atom. The molecule has 0 aromatic heterocycles. The first-order valence-electron chi connectivity index (χ1n) is 6.79. The van der Waals surface area contributed by atoms with Gasteiger partial charge >= 0.3 is 0 Å². The van der Waals surface area contributed by atoms with E-state index in [0.29, 0.717) is 10.0 Å². The van der Waals surface area contributed by atoms with Gasteiger partial charge in [0.1, 0.15) is 0 Å². The van der Waals surface area contributed by atoms with Crippen LogP contribution in [0.15, 0.2) is 68.9 Å². The molecule has 0 spiro atoms. The van der Waals surface area contributed by atoms with Crippen molar-refractivity contribution in [2.24, 2.45) is 31.9 Å². The van der Waals surface area contributed by atoms with Crippen molar-refractivity contribution >= 4 is 47.3 Å². The van der Waals surface area contributed by atoms with Gasteiger partial charge in [0.05, 0.1) is 12.4 Å². The summed E-state index contributed by atoms with van der Waals surface area (Å²) >= 11 is 11.6. The minimum atomic E-state index is -0.0338. The zero-order valence-corrected chi connectivity index (χ0v) is 14.0. The second kappa shape index (κ2) is 8.81. The molecular weight excluding hydrogens is 347 g/mol. The van der Waals surface area contributed by atoms with Gasteiger partial charge in [-0.25, -0.2) is 0 Å². The zero-order chi connectivity index (χ0) is 17.4. The van der Waals surface area contributed by atoms with E-state index in [1.165, 1.54) is 12.4 Å². The summed E-state index contributed by atoms with van der Waals surface area (Å²) in [4.78, 5) is 0. The third-order valence-corrected chi connectivity index (χ3v) is 3.25. The van der Waals surface area contributed by atoms with Gasteiger partial charge in [-0.3, -0.25) is 0 Å². The Balaban J connectivity index is 1.98. The summed E-state index contributed by atoms with van der Waals surface area (Å²) in [5.74, 6) is -0.0676. The van der Waals surface area contributed by atoms with Crippen LogP contribution in [0.2, 0.25) is 10.0 Å². The molecule has 0 aliphatic heterocycles. The molecule has 0 saturated heterocycles. The molecule has 0 atom stereocenters. The number of benzene rings is 2. The minimum Gasteiger partial charge on any atom is -0.379 e. The third kappa shape index (κ3) is 5.83. The van der Waals surface area contributed by atoms with E-state index < -0.39 is 0 Å². The normalized spacial score (nSPS) is 13.1. The minimum absolute atomic E-state index is 0.0338. The van der Waals surface area contributed by atoms with E-state index in [9.17, 15) is 0 Å². The van der Waals surface area contributed by atoms with Gasteiger partial charge in [0.2, 0.25) is 0 Å². The van der Waals surface area contributed by atoms with Crippen LogP contribution in [-0.2, 0) is 0 Å². The van der Waals surface area contributed by atoms with E-state index >= 15 is 0 Å². The van der Waals surface area contributed by atoms with Crippen LogP contribution in [-0.4, -0.2) is 24.1 Å². The van der Waals surface area contributed by atoms with Crippen molar-refractivity contribution in [1.82, 2.24) is 0 Å². The average molecular weight is 361 g/mol. The number of halogens is 2. The first-order valence-corrected chi connectivity index (χ1v) is 7.54. The first kappa shape index (κ1) is 17.7. The molecule has 0 saturated carbocycles. The summed E-state index contributed by atoms with van der Waals surface area (Å²) in [6.07, 6.45) is 3.04. The van der Waals surface area contributed by atoms with E-state index in [0.717, 1.165) is 11.1 Å². The molecular formula is C16H14Cl2N6. The number of amidine groups is 2. The Bertz CT molecular complexity index is 723. The fourth-order valence-electron chi connectivity index (χ4n) is 1.52. The average Bonchev–Trinajstić information content (AvgIpc) is 2.58. The van der Waals surface area contributed by atoms with Crippen molar-refractivity contribution in [2.45, 2.75) is 0 Å². The molecule has 0 bridgehead atoms. The quantitative estimate of drug-likeness (QED) is 0.497. The van der Waals surface area contributed by atoms with E-state index in [-0.39, 0.29) is 11.7 Å². The molecule has 122 valence electrons. The molecule has 0 radical (unpaired) electrons. The smallest absolute Gasteiger partial charge is 0.190 e. The van der Waals surface area contributed by atoms with Crippen molar-refractivity contribution in [3.8, 4) is 0 Å². The molecule has 2 aromatic rings. The topological polar surface area (TPSA) is 101 Å². The molecule has 0 fully saturated rings. The van der Waals surface area contributed by atoms with Crippen LogP contribution < -0.4 is 11.5 Å². The Kier molecular flexibility index (Phi) is 6.48. The lowest BCUT2D eigenvalue weighted by atomic mass is 10.2. The lowest BCUT2D eigenvalue weighted by Crippen LogP contribution is -2.30. The fraction of sp³-hybridized carbons (Fsp3) is 0. The summed E-state index contributed by atoms with van der Waals surface area (Å²) in [7, 11) is 0. The molecule has 4 N–H and O–H groups in total. The molecule has 0 aliphatic rings. The van der Waals surface area contributed by atoms with Crippen LogP contribution in [0.25, 0.3) is 0 Å². The van der Waals surface area contributed by atoms with Gasteiger partial charge in [0.25, 0.3) is 0 Å². The highest BCUT2D eigenvalue weighted by Gasteiger charge is 1.97. The van der Waals surface area contributed by atoms with Crippen molar-refractivity contribution in [3.63, 3.8) is 0 Å². The van der Waals surface area contributed by atoms with Crippen molar-refractivity contribution in [1.29, 1.82) is 0 Å². The van der Waals surface area contributed by atoms with Gasteiger partial charge in [0.15, 0.2) is 11.7 Å². The summed E-state index contributed by atoms with van der Waals surface area (Å²) < 4.78 is 0. The lowest BCUT2D eigenvalue weighted by molar-refractivity contribution is 1.21. The monoisotopic (exact) mass is 360 g/mol. The maximum Gasteiger partial charge on any atom is 0.190 e. The van der Waals surface area contributed by atoms with Gasteiger partial charge in [0, 0.05) is 10.0 Å². The van der Waals surface area contributed by atoms with E-state index in [1.54, 1.807) is 48.5 Å². The summed E-state index contributed by atoms with van der Waals surface area (Å²) in [6, 6.07) is 14.2. The Morgan fingerprint density at radius 1 is 0.667 bits per heavy atom. The highest BCUT2D eigenvalue weighted by molar-refractivity contribution is 6.39. The van der Waals surface area contributed by atoms with Crippen LogP contribution in [0, 0.1) is 0 Å². The van der Waals surface area contributed by atoms with Crippen molar-refractivity contribution < 1.29 is 0 Å². The highest BCUT2D eigenvalue weighted by Crippen LogP contribution is 2.08. The van der Waals surface area contributed by atoms with Crippen molar-refractivity contribution in [2.75, 3.05) is 0 Å². The molecule has 8 heteroatoms.